The van der Waals surface area contributed by atoms with Gasteiger partial charge in [-0.2, -0.15) is 0 Å². The molecule has 2 unspecified atom stereocenters. The van der Waals surface area contributed by atoms with Crippen molar-refractivity contribution in [2.45, 2.75) is 46.3 Å². The number of amides is 3. The molecule has 1 aromatic heterocycles. The fraction of sp³-hybridized carbons (Fsp3) is 0.500. The standard InChI is InChI=1S/C24H31ClN4O4S/c1-15(2)10-29(23(32)18-5-7-19(25)8-6-18)13-21(30)27-24-26-20(14-34-24)9-22(31)28-11-16(3)33-17(4)12-28/h5-8,14-17H,9-13H2,1-4H3,(H,26,27,30). The summed E-state index contributed by atoms with van der Waals surface area (Å²) in [7, 11) is 0. The Morgan fingerprint density at radius 1 is 1.21 bits per heavy atom. The van der Waals surface area contributed by atoms with Gasteiger partial charge in [0.1, 0.15) is 6.54 Å². The van der Waals surface area contributed by atoms with Crippen LogP contribution in [0, 0.1) is 5.92 Å². The number of halogens is 1. The smallest absolute Gasteiger partial charge is 0.254 e. The monoisotopic (exact) mass is 506 g/mol. The first kappa shape index (κ1) is 26.1. The summed E-state index contributed by atoms with van der Waals surface area (Å²) in [6.07, 6.45) is 0.171. The largest absolute Gasteiger partial charge is 0.372 e. The molecule has 0 spiro atoms. The zero-order valence-corrected chi connectivity index (χ0v) is 21.5. The van der Waals surface area contributed by atoms with Crippen molar-refractivity contribution >= 4 is 45.8 Å². The summed E-state index contributed by atoms with van der Waals surface area (Å²) in [6.45, 7) is 9.33. The third kappa shape index (κ3) is 7.51. The van der Waals surface area contributed by atoms with E-state index < -0.39 is 0 Å². The number of carbonyl (C=O) groups excluding carboxylic acids is 3. The average molecular weight is 507 g/mol. The van der Waals surface area contributed by atoms with Crippen LogP contribution in [0.2, 0.25) is 5.02 Å². The Morgan fingerprint density at radius 3 is 2.47 bits per heavy atom. The number of thiazole rings is 1. The van der Waals surface area contributed by atoms with Crippen molar-refractivity contribution in [3.05, 3.63) is 45.9 Å². The van der Waals surface area contributed by atoms with Gasteiger partial charge in [-0.1, -0.05) is 25.4 Å². The van der Waals surface area contributed by atoms with Crippen LogP contribution in [0.15, 0.2) is 29.6 Å². The zero-order chi connectivity index (χ0) is 24.8. The van der Waals surface area contributed by atoms with Gasteiger partial charge in [0.2, 0.25) is 11.8 Å². The molecule has 1 aliphatic heterocycles. The normalized spacial score (nSPS) is 18.1. The van der Waals surface area contributed by atoms with E-state index in [-0.39, 0.29) is 48.8 Å². The van der Waals surface area contributed by atoms with Crippen molar-refractivity contribution < 1.29 is 19.1 Å². The number of rotatable bonds is 8. The number of hydrogen-bond donors (Lipinski definition) is 1. The molecule has 8 nitrogen and oxygen atoms in total. The van der Waals surface area contributed by atoms with Gasteiger partial charge in [-0.3, -0.25) is 14.4 Å². The second-order valence-electron chi connectivity index (χ2n) is 9.01. The lowest BCUT2D eigenvalue weighted by molar-refractivity contribution is -0.142. The molecule has 1 aromatic carbocycles. The molecule has 184 valence electrons. The van der Waals surface area contributed by atoms with E-state index in [0.29, 0.717) is 41.0 Å². The van der Waals surface area contributed by atoms with Gasteiger partial charge >= 0.3 is 0 Å². The Labute approximate surface area is 209 Å². The Bertz CT molecular complexity index is 1000. The predicted molar refractivity (Wildman–Crippen MR) is 133 cm³/mol. The van der Waals surface area contributed by atoms with Gasteiger partial charge in [0.15, 0.2) is 5.13 Å². The Morgan fingerprint density at radius 2 is 1.85 bits per heavy atom. The highest BCUT2D eigenvalue weighted by molar-refractivity contribution is 7.13. The molecule has 1 fully saturated rings. The number of morpholine rings is 1. The predicted octanol–water partition coefficient (Wildman–Crippen LogP) is 3.71. The topological polar surface area (TPSA) is 91.8 Å². The second kappa shape index (κ2) is 11.8. The lowest BCUT2D eigenvalue weighted by Crippen LogP contribution is -2.48. The van der Waals surface area contributed by atoms with Gasteiger partial charge in [0.25, 0.3) is 5.91 Å². The number of nitrogens with one attached hydrogen (secondary N) is 1. The lowest BCUT2D eigenvalue weighted by Gasteiger charge is -2.35. The number of carbonyl (C=O) groups is 3. The van der Waals surface area contributed by atoms with E-state index in [9.17, 15) is 14.4 Å². The lowest BCUT2D eigenvalue weighted by atomic mass is 10.1. The molecule has 3 amide bonds. The number of ether oxygens (including phenoxy) is 1. The summed E-state index contributed by atoms with van der Waals surface area (Å²) in [4.78, 5) is 46.0. The number of anilines is 1. The van der Waals surface area contributed by atoms with Crippen LogP contribution in [0.5, 0.6) is 0 Å². The minimum Gasteiger partial charge on any atom is -0.372 e. The van der Waals surface area contributed by atoms with Crippen molar-refractivity contribution in [2.75, 3.05) is 31.5 Å². The van der Waals surface area contributed by atoms with Crippen molar-refractivity contribution in [3.8, 4) is 0 Å². The molecular formula is C24H31ClN4O4S. The van der Waals surface area contributed by atoms with E-state index in [1.807, 2.05) is 27.7 Å². The van der Waals surface area contributed by atoms with Crippen LogP contribution in [-0.4, -0.2) is 70.9 Å². The maximum Gasteiger partial charge on any atom is 0.254 e. The van der Waals surface area contributed by atoms with Crippen LogP contribution < -0.4 is 5.32 Å². The summed E-state index contributed by atoms with van der Waals surface area (Å²) < 4.78 is 5.68. The van der Waals surface area contributed by atoms with Crippen molar-refractivity contribution in [2.24, 2.45) is 5.92 Å². The molecule has 1 saturated heterocycles. The first-order chi connectivity index (χ1) is 16.1. The van der Waals surface area contributed by atoms with Gasteiger partial charge in [-0.05, 0) is 44.0 Å². The molecule has 0 saturated carbocycles. The van der Waals surface area contributed by atoms with Crippen LogP contribution in [0.3, 0.4) is 0 Å². The van der Waals surface area contributed by atoms with Crippen LogP contribution >= 0.6 is 22.9 Å². The fourth-order valence-electron chi connectivity index (χ4n) is 3.86. The number of nitrogens with zero attached hydrogens (tertiary/aromatic N) is 3. The molecule has 2 aromatic rings. The van der Waals surface area contributed by atoms with Crippen LogP contribution in [0.1, 0.15) is 43.7 Å². The van der Waals surface area contributed by atoms with Crippen molar-refractivity contribution in [1.82, 2.24) is 14.8 Å². The van der Waals surface area contributed by atoms with Crippen LogP contribution in [0.25, 0.3) is 0 Å². The van der Waals surface area contributed by atoms with E-state index in [1.54, 1.807) is 34.5 Å². The Hall–Kier alpha value is -2.49. The van der Waals surface area contributed by atoms with E-state index >= 15 is 0 Å². The number of hydrogen-bond acceptors (Lipinski definition) is 6. The molecule has 2 atom stereocenters. The van der Waals surface area contributed by atoms with E-state index in [0.717, 1.165) is 0 Å². The van der Waals surface area contributed by atoms with Gasteiger partial charge in [0.05, 0.1) is 24.3 Å². The minimum atomic E-state index is -0.342. The van der Waals surface area contributed by atoms with Gasteiger partial charge in [0, 0.05) is 35.6 Å². The maximum absolute atomic E-state index is 12.9. The van der Waals surface area contributed by atoms with E-state index in [1.165, 1.54) is 16.2 Å². The summed E-state index contributed by atoms with van der Waals surface area (Å²) in [5.41, 5.74) is 1.08. The highest BCUT2D eigenvalue weighted by atomic mass is 35.5. The average Bonchev–Trinajstić information content (AvgIpc) is 3.18. The van der Waals surface area contributed by atoms with E-state index in [4.69, 9.17) is 16.3 Å². The van der Waals surface area contributed by atoms with Gasteiger partial charge < -0.3 is 19.9 Å². The first-order valence-electron chi connectivity index (χ1n) is 11.3. The maximum atomic E-state index is 12.9. The summed E-state index contributed by atoms with van der Waals surface area (Å²) in [5.74, 6) is -0.403. The van der Waals surface area contributed by atoms with Crippen LogP contribution in [0.4, 0.5) is 5.13 Å². The summed E-state index contributed by atoms with van der Waals surface area (Å²) >= 11 is 7.18. The molecule has 2 heterocycles. The molecule has 0 aliphatic carbocycles. The SMILES string of the molecule is CC(C)CN(CC(=O)Nc1nc(CC(=O)N2CC(C)OC(C)C2)cs1)C(=O)c1ccc(Cl)cc1. The van der Waals surface area contributed by atoms with Crippen molar-refractivity contribution in [1.29, 1.82) is 0 Å². The zero-order valence-electron chi connectivity index (χ0n) is 19.9. The van der Waals surface area contributed by atoms with E-state index in [2.05, 4.69) is 10.3 Å². The third-order valence-corrected chi connectivity index (χ3v) is 6.26. The highest BCUT2D eigenvalue weighted by Crippen LogP contribution is 2.19. The van der Waals surface area contributed by atoms with Crippen molar-refractivity contribution in [3.63, 3.8) is 0 Å². The Balaban J connectivity index is 1.58. The highest BCUT2D eigenvalue weighted by Gasteiger charge is 2.26. The molecule has 10 heteroatoms. The molecule has 0 radical (unpaired) electrons. The van der Waals surface area contributed by atoms with Gasteiger partial charge in [-0.25, -0.2) is 4.98 Å². The summed E-state index contributed by atoms with van der Waals surface area (Å²) in [5, 5.41) is 5.47. The second-order valence-corrected chi connectivity index (χ2v) is 10.3. The quantitative estimate of drug-likeness (QED) is 0.589. The van der Waals surface area contributed by atoms with Gasteiger partial charge in [-0.15, -0.1) is 11.3 Å². The molecular weight excluding hydrogens is 476 g/mol. The Kier molecular flexibility index (Phi) is 9.04. The molecule has 34 heavy (non-hydrogen) atoms. The molecule has 1 N–H and O–H groups in total. The first-order valence-corrected chi connectivity index (χ1v) is 12.6. The molecule has 1 aliphatic rings. The molecule has 3 rings (SSSR count). The molecule has 0 bridgehead atoms. The third-order valence-electron chi connectivity index (χ3n) is 5.20. The minimum absolute atomic E-state index is 0.00218. The fourth-order valence-corrected chi connectivity index (χ4v) is 4.71. The van der Waals surface area contributed by atoms with Crippen LogP contribution in [-0.2, 0) is 20.7 Å². The number of benzene rings is 1. The number of aromatic nitrogens is 1. The summed E-state index contributed by atoms with van der Waals surface area (Å²) in [6, 6.07) is 6.60.